The van der Waals surface area contributed by atoms with Gasteiger partial charge in [0.2, 0.25) is 0 Å². The van der Waals surface area contributed by atoms with Crippen LogP contribution in [0.4, 0.5) is 30.4 Å². The second-order valence-electron chi connectivity index (χ2n) is 6.50. The summed E-state index contributed by atoms with van der Waals surface area (Å²) < 4.78 is 40.2. The van der Waals surface area contributed by atoms with Crippen LogP contribution in [0.2, 0.25) is 0 Å². The van der Waals surface area contributed by atoms with E-state index in [1.165, 1.54) is 5.56 Å². The van der Waals surface area contributed by atoms with Crippen LogP contribution in [0.25, 0.3) is 5.65 Å². The summed E-state index contributed by atoms with van der Waals surface area (Å²) in [7, 11) is 2.02. The molecule has 136 valence electrons. The van der Waals surface area contributed by atoms with Gasteiger partial charge in [0.1, 0.15) is 0 Å². The molecule has 0 bridgehead atoms. The minimum absolute atomic E-state index is 0.106. The maximum atomic E-state index is 13.1. The van der Waals surface area contributed by atoms with Gasteiger partial charge in [-0.25, -0.2) is 0 Å². The van der Waals surface area contributed by atoms with E-state index in [2.05, 4.69) is 25.5 Å². The average Bonchev–Trinajstić information content (AvgIpc) is 3.16. The quantitative estimate of drug-likeness (QED) is 0.756. The van der Waals surface area contributed by atoms with Crippen LogP contribution in [0.3, 0.4) is 0 Å². The minimum Gasteiger partial charge on any atom is -0.374 e. The fourth-order valence-electron chi connectivity index (χ4n) is 3.18. The molecular formula is C17H17F3N6. The predicted octanol–water partition coefficient (Wildman–Crippen LogP) is 3.50. The number of alkyl halides is 3. The van der Waals surface area contributed by atoms with Gasteiger partial charge >= 0.3 is 6.18 Å². The van der Waals surface area contributed by atoms with Crippen molar-refractivity contribution in [1.29, 1.82) is 0 Å². The fraction of sp³-hybridized carbons (Fsp3) is 0.353. The minimum atomic E-state index is -4.62. The number of nitrogens with zero attached hydrogens (tertiary/aromatic N) is 5. The van der Waals surface area contributed by atoms with Crippen molar-refractivity contribution in [3.8, 4) is 0 Å². The third-order valence-corrected chi connectivity index (χ3v) is 4.82. The molecule has 3 aromatic rings. The Morgan fingerprint density at radius 1 is 1.12 bits per heavy atom. The number of aromatic nitrogens is 4. The van der Waals surface area contributed by atoms with Crippen LogP contribution < -0.4 is 10.2 Å². The maximum absolute atomic E-state index is 13.1. The van der Waals surface area contributed by atoms with Crippen molar-refractivity contribution in [2.24, 2.45) is 0 Å². The number of hydrogen-bond acceptors (Lipinski definition) is 5. The van der Waals surface area contributed by atoms with E-state index in [4.69, 9.17) is 0 Å². The summed E-state index contributed by atoms with van der Waals surface area (Å²) in [5, 5.41) is 14.2. The normalized spacial score (nSPS) is 14.2. The van der Waals surface area contributed by atoms with Crippen molar-refractivity contribution in [1.82, 2.24) is 19.8 Å². The molecule has 4 rings (SSSR count). The number of fused-ring (bicyclic) bond motifs is 2. The summed E-state index contributed by atoms with van der Waals surface area (Å²) in [6.07, 6.45) is -3.63. The Morgan fingerprint density at radius 2 is 1.88 bits per heavy atom. The molecule has 0 saturated heterocycles. The van der Waals surface area contributed by atoms with Gasteiger partial charge in [-0.15, -0.1) is 15.3 Å². The van der Waals surface area contributed by atoms with Gasteiger partial charge < -0.3 is 10.2 Å². The van der Waals surface area contributed by atoms with Crippen molar-refractivity contribution in [3.63, 3.8) is 0 Å². The van der Waals surface area contributed by atoms with Crippen molar-refractivity contribution >= 4 is 22.8 Å². The largest absolute Gasteiger partial charge is 0.453 e. The van der Waals surface area contributed by atoms with E-state index < -0.39 is 12.0 Å². The van der Waals surface area contributed by atoms with Gasteiger partial charge in [-0.1, -0.05) is 6.07 Å². The SMILES string of the molecule is Cc1c(Nc2ccc3c(c2)N(C)CC3)nn2c(C(F)(F)F)nnc2c1C. The first-order valence-corrected chi connectivity index (χ1v) is 8.16. The molecule has 9 heteroatoms. The lowest BCUT2D eigenvalue weighted by atomic mass is 10.1. The van der Waals surface area contributed by atoms with E-state index in [0.29, 0.717) is 11.4 Å². The van der Waals surface area contributed by atoms with Gasteiger partial charge in [0.15, 0.2) is 11.5 Å². The van der Waals surface area contributed by atoms with Gasteiger partial charge in [-0.05, 0) is 38.0 Å². The van der Waals surface area contributed by atoms with E-state index >= 15 is 0 Å². The van der Waals surface area contributed by atoms with E-state index in [1.54, 1.807) is 13.8 Å². The third-order valence-electron chi connectivity index (χ3n) is 4.82. The van der Waals surface area contributed by atoms with Crippen molar-refractivity contribution in [2.45, 2.75) is 26.4 Å². The van der Waals surface area contributed by atoms with Gasteiger partial charge in [0, 0.05) is 36.1 Å². The van der Waals surface area contributed by atoms with Crippen molar-refractivity contribution in [3.05, 3.63) is 40.7 Å². The summed E-state index contributed by atoms with van der Waals surface area (Å²) in [5.41, 5.74) is 4.58. The first kappa shape index (κ1) is 16.6. The highest BCUT2D eigenvalue weighted by Crippen LogP contribution is 2.33. The van der Waals surface area contributed by atoms with E-state index in [-0.39, 0.29) is 5.65 Å². The lowest BCUT2D eigenvalue weighted by Crippen LogP contribution is -2.14. The molecule has 0 aliphatic carbocycles. The molecule has 1 aliphatic rings. The molecule has 0 radical (unpaired) electrons. The number of hydrogen-bond donors (Lipinski definition) is 1. The van der Waals surface area contributed by atoms with E-state index in [9.17, 15) is 13.2 Å². The third kappa shape index (κ3) is 2.54. The molecule has 1 aromatic carbocycles. The topological polar surface area (TPSA) is 58.4 Å². The van der Waals surface area contributed by atoms with Crippen molar-refractivity contribution in [2.75, 3.05) is 23.8 Å². The second kappa shape index (κ2) is 5.58. The number of halogens is 3. The number of nitrogens with one attached hydrogen (secondary N) is 1. The Hall–Kier alpha value is -2.84. The summed E-state index contributed by atoms with van der Waals surface area (Å²) >= 11 is 0. The smallest absolute Gasteiger partial charge is 0.374 e. The number of anilines is 3. The van der Waals surface area contributed by atoms with Gasteiger partial charge in [-0.3, -0.25) is 0 Å². The molecule has 0 unspecified atom stereocenters. The highest BCUT2D eigenvalue weighted by molar-refractivity contribution is 5.70. The average molecular weight is 362 g/mol. The monoisotopic (exact) mass is 362 g/mol. The van der Waals surface area contributed by atoms with Crippen LogP contribution in [0.15, 0.2) is 18.2 Å². The lowest BCUT2D eigenvalue weighted by molar-refractivity contribution is -0.146. The standard InChI is InChI=1S/C17H17F3N6/c1-9-10(2)15-22-23-16(17(18,19)20)26(15)24-14(9)21-12-5-4-11-6-7-25(3)13(11)8-12/h4-5,8H,6-7H2,1-3H3,(H,21,24). The maximum Gasteiger partial charge on any atom is 0.453 e. The zero-order valence-corrected chi connectivity index (χ0v) is 14.5. The molecular weight excluding hydrogens is 345 g/mol. The highest BCUT2D eigenvalue weighted by Gasteiger charge is 2.38. The molecule has 6 nitrogen and oxygen atoms in total. The second-order valence-corrected chi connectivity index (χ2v) is 6.50. The Kier molecular flexibility index (Phi) is 3.57. The molecule has 0 atom stereocenters. The first-order chi connectivity index (χ1) is 12.3. The molecule has 26 heavy (non-hydrogen) atoms. The molecule has 2 aromatic heterocycles. The molecule has 0 fully saturated rings. The molecule has 1 N–H and O–H groups in total. The van der Waals surface area contributed by atoms with Gasteiger partial charge in [0.25, 0.3) is 5.82 Å². The number of aryl methyl sites for hydroxylation is 1. The van der Waals surface area contributed by atoms with Crippen LogP contribution >= 0.6 is 0 Å². The summed E-state index contributed by atoms with van der Waals surface area (Å²) in [4.78, 5) is 2.15. The number of likely N-dealkylation sites (N-methyl/N-ethyl adjacent to an activating group) is 1. The molecule has 0 spiro atoms. The summed E-state index contributed by atoms with van der Waals surface area (Å²) in [5.74, 6) is -0.784. The molecule has 3 heterocycles. The van der Waals surface area contributed by atoms with Gasteiger partial charge in [-0.2, -0.15) is 17.7 Å². The highest BCUT2D eigenvalue weighted by atomic mass is 19.4. The number of rotatable bonds is 2. The Morgan fingerprint density at radius 3 is 2.62 bits per heavy atom. The zero-order chi connectivity index (χ0) is 18.6. The summed E-state index contributed by atoms with van der Waals surface area (Å²) in [6, 6.07) is 5.93. The zero-order valence-electron chi connectivity index (χ0n) is 14.5. The van der Waals surface area contributed by atoms with E-state index in [1.807, 2.05) is 25.2 Å². The van der Waals surface area contributed by atoms with Crippen LogP contribution in [0.5, 0.6) is 0 Å². The Labute approximate surface area is 147 Å². The predicted molar refractivity (Wildman–Crippen MR) is 92.0 cm³/mol. The summed E-state index contributed by atoms with van der Waals surface area (Å²) in [6.45, 7) is 4.46. The van der Waals surface area contributed by atoms with Crippen LogP contribution in [-0.2, 0) is 12.6 Å². The van der Waals surface area contributed by atoms with Gasteiger partial charge in [0.05, 0.1) is 0 Å². The lowest BCUT2D eigenvalue weighted by Gasteiger charge is -2.15. The Balaban J connectivity index is 1.79. The van der Waals surface area contributed by atoms with Crippen LogP contribution in [0.1, 0.15) is 22.5 Å². The van der Waals surface area contributed by atoms with E-state index in [0.717, 1.165) is 34.4 Å². The fourth-order valence-corrected chi connectivity index (χ4v) is 3.18. The Bertz CT molecular complexity index is 1010. The molecule has 0 saturated carbocycles. The van der Waals surface area contributed by atoms with Crippen LogP contribution in [0, 0.1) is 13.8 Å². The molecule has 0 amide bonds. The molecule has 1 aliphatic heterocycles. The first-order valence-electron chi connectivity index (χ1n) is 8.16. The van der Waals surface area contributed by atoms with Crippen LogP contribution in [-0.4, -0.2) is 33.4 Å². The van der Waals surface area contributed by atoms with Crippen molar-refractivity contribution < 1.29 is 13.2 Å². The number of benzene rings is 1.